The number of nitrogens with zero attached hydrogens (tertiary/aromatic N) is 2. The number of nitrogens with one attached hydrogen (secondary N) is 1. The molecule has 6 heteroatoms. The van der Waals surface area contributed by atoms with Gasteiger partial charge >= 0.3 is 0 Å². The second kappa shape index (κ2) is 8.40. The van der Waals surface area contributed by atoms with E-state index in [1.165, 1.54) is 0 Å². The molecule has 1 amide bonds. The average Bonchev–Trinajstić information content (AvgIpc) is 3.27. The van der Waals surface area contributed by atoms with E-state index in [-0.39, 0.29) is 5.91 Å². The summed E-state index contributed by atoms with van der Waals surface area (Å²) in [6, 6.07) is 12.8. The molecule has 0 unspecified atom stereocenters. The lowest BCUT2D eigenvalue weighted by Crippen LogP contribution is -2.17. The highest BCUT2D eigenvalue weighted by molar-refractivity contribution is 5.95. The van der Waals surface area contributed by atoms with Crippen LogP contribution in [0.5, 0.6) is 5.75 Å². The molecule has 6 nitrogen and oxygen atoms in total. The first kappa shape index (κ1) is 18.5. The number of amides is 1. The Morgan fingerprint density at radius 2 is 2.04 bits per heavy atom. The highest BCUT2D eigenvalue weighted by Gasteiger charge is 2.10. The van der Waals surface area contributed by atoms with Gasteiger partial charge in [0, 0.05) is 22.5 Å². The third-order valence-corrected chi connectivity index (χ3v) is 4.30. The molecule has 0 aliphatic carbocycles. The van der Waals surface area contributed by atoms with Gasteiger partial charge in [-0.25, -0.2) is 5.43 Å². The van der Waals surface area contributed by atoms with Crippen molar-refractivity contribution in [3.8, 4) is 5.75 Å². The Bertz CT molecular complexity index is 922. The topological polar surface area (TPSA) is 68.8 Å². The minimum atomic E-state index is -0.265. The molecular formula is C21H23N3O3. The van der Waals surface area contributed by atoms with Crippen molar-refractivity contribution < 1.29 is 13.9 Å². The summed E-state index contributed by atoms with van der Waals surface area (Å²) in [5, 5.41) is 4.10. The maximum absolute atomic E-state index is 12.2. The zero-order valence-corrected chi connectivity index (χ0v) is 15.7. The first-order valence-electron chi connectivity index (χ1n) is 8.84. The lowest BCUT2D eigenvalue weighted by molar-refractivity contribution is 0.0955. The molecular weight excluding hydrogens is 342 g/mol. The van der Waals surface area contributed by atoms with Crippen LogP contribution < -0.4 is 10.2 Å². The van der Waals surface area contributed by atoms with Gasteiger partial charge in [0.2, 0.25) is 0 Å². The van der Waals surface area contributed by atoms with Crippen LogP contribution in [0.4, 0.5) is 0 Å². The number of rotatable bonds is 7. The van der Waals surface area contributed by atoms with Crippen molar-refractivity contribution in [1.82, 2.24) is 9.99 Å². The van der Waals surface area contributed by atoms with Gasteiger partial charge in [-0.15, -0.1) is 0 Å². The van der Waals surface area contributed by atoms with Crippen LogP contribution in [0.1, 0.15) is 40.0 Å². The van der Waals surface area contributed by atoms with E-state index in [4.69, 9.17) is 9.15 Å². The van der Waals surface area contributed by atoms with Crippen molar-refractivity contribution in [3.05, 3.63) is 77.0 Å². The van der Waals surface area contributed by atoms with Gasteiger partial charge in [-0.05, 0) is 63.2 Å². The molecule has 3 aromatic rings. The van der Waals surface area contributed by atoms with E-state index in [9.17, 15) is 4.79 Å². The number of hydrogen-bond acceptors (Lipinski definition) is 4. The zero-order valence-electron chi connectivity index (χ0n) is 15.7. The van der Waals surface area contributed by atoms with Crippen LogP contribution in [0.3, 0.4) is 0 Å². The summed E-state index contributed by atoms with van der Waals surface area (Å²) in [6.07, 6.45) is 3.33. The van der Waals surface area contributed by atoms with E-state index in [1.807, 2.05) is 39.0 Å². The Balaban J connectivity index is 1.64. The fraction of sp³-hybridized carbons (Fsp3) is 0.238. The van der Waals surface area contributed by atoms with Crippen LogP contribution in [0.25, 0.3) is 0 Å². The lowest BCUT2D eigenvalue weighted by Gasteiger charge is -2.07. The third kappa shape index (κ3) is 4.47. The summed E-state index contributed by atoms with van der Waals surface area (Å²) < 4.78 is 12.9. The average molecular weight is 365 g/mol. The number of carbonyl (C=O) groups excluding carboxylic acids is 1. The molecule has 0 aliphatic heterocycles. The number of ether oxygens (including phenoxy) is 1. The van der Waals surface area contributed by atoms with Gasteiger partial charge in [0.05, 0.1) is 25.6 Å². The maximum atomic E-state index is 12.2. The molecule has 1 N–H and O–H groups in total. The molecule has 27 heavy (non-hydrogen) atoms. The summed E-state index contributed by atoms with van der Waals surface area (Å²) in [5.41, 5.74) is 6.20. The van der Waals surface area contributed by atoms with Crippen molar-refractivity contribution in [2.75, 3.05) is 6.61 Å². The van der Waals surface area contributed by atoms with Gasteiger partial charge in [-0.1, -0.05) is 0 Å². The smallest absolute Gasteiger partial charge is 0.271 e. The van der Waals surface area contributed by atoms with Crippen LogP contribution in [-0.4, -0.2) is 23.3 Å². The summed E-state index contributed by atoms with van der Waals surface area (Å²) in [4.78, 5) is 12.2. The van der Waals surface area contributed by atoms with Crippen LogP contribution in [0.2, 0.25) is 0 Å². The van der Waals surface area contributed by atoms with Crippen molar-refractivity contribution >= 4 is 12.1 Å². The number of carbonyl (C=O) groups is 1. The first-order valence-corrected chi connectivity index (χ1v) is 8.84. The number of hydrogen-bond donors (Lipinski definition) is 1. The highest BCUT2D eigenvalue weighted by atomic mass is 16.5. The number of aromatic nitrogens is 1. The van der Waals surface area contributed by atoms with Gasteiger partial charge in [0.1, 0.15) is 11.5 Å². The van der Waals surface area contributed by atoms with E-state index in [0.29, 0.717) is 18.7 Å². The second-order valence-electron chi connectivity index (χ2n) is 6.15. The SMILES string of the molecule is CCOc1ccc(C(=O)N/N=C\c2cc(C)n(Cc3ccco3)c2C)cc1. The van der Waals surface area contributed by atoms with Crippen molar-refractivity contribution in [2.45, 2.75) is 27.3 Å². The Labute approximate surface area is 158 Å². The fourth-order valence-corrected chi connectivity index (χ4v) is 2.85. The molecule has 3 rings (SSSR count). The predicted octanol–water partition coefficient (Wildman–Crippen LogP) is 3.91. The molecule has 1 aromatic carbocycles. The second-order valence-corrected chi connectivity index (χ2v) is 6.15. The lowest BCUT2D eigenvalue weighted by atomic mass is 10.2. The quantitative estimate of drug-likeness (QED) is 0.510. The third-order valence-electron chi connectivity index (χ3n) is 4.30. The van der Waals surface area contributed by atoms with Crippen molar-refractivity contribution in [2.24, 2.45) is 5.10 Å². The van der Waals surface area contributed by atoms with Crippen molar-refractivity contribution in [1.29, 1.82) is 0 Å². The van der Waals surface area contributed by atoms with Crippen molar-refractivity contribution in [3.63, 3.8) is 0 Å². The Kier molecular flexibility index (Phi) is 5.76. The number of benzene rings is 1. The standard InChI is InChI=1S/C21H23N3O3/c1-4-26-19-9-7-17(8-10-19)21(25)23-22-13-18-12-15(2)24(16(18)3)14-20-6-5-11-27-20/h5-13H,4,14H2,1-3H3,(H,23,25)/b22-13-. The normalized spacial score (nSPS) is 11.1. The minimum absolute atomic E-state index is 0.265. The van der Waals surface area contributed by atoms with Gasteiger partial charge < -0.3 is 13.7 Å². The molecule has 2 aromatic heterocycles. The van der Waals surface area contributed by atoms with E-state index in [0.717, 1.165) is 28.5 Å². The molecule has 0 saturated heterocycles. The van der Waals surface area contributed by atoms with Crippen LogP contribution in [-0.2, 0) is 6.54 Å². The molecule has 0 saturated carbocycles. The number of aryl methyl sites for hydroxylation is 1. The highest BCUT2D eigenvalue weighted by Crippen LogP contribution is 2.16. The molecule has 0 bridgehead atoms. The monoisotopic (exact) mass is 365 g/mol. The Morgan fingerprint density at radius 1 is 1.26 bits per heavy atom. The Hall–Kier alpha value is -3.28. The predicted molar refractivity (Wildman–Crippen MR) is 104 cm³/mol. The molecule has 0 atom stereocenters. The molecule has 0 aliphatic rings. The molecule has 2 heterocycles. The largest absolute Gasteiger partial charge is 0.494 e. The van der Waals surface area contributed by atoms with Gasteiger partial charge in [-0.2, -0.15) is 5.10 Å². The van der Waals surface area contributed by atoms with Crippen LogP contribution >= 0.6 is 0 Å². The maximum Gasteiger partial charge on any atom is 0.271 e. The van der Waals surface area contributed by atoms with E-state index in [2.05, 4.69) is 15.1 Å². The van der Waals surface area contributed by atoms with E-state index < -0.39 is 0 Å². The molecule has 0 spiro atoms. The zero-order chi connectivity index (χ0) is 19.2. The summed E-state index contributed by atoms with van der Waals surface area (Å²) in [6.45, 7) is 7.23. The van der Waals surface area contributed by atoms with E-state index in [1.54, 1.807) is 36.7 Å². The molecule has 0 fully saturated rings. The summed E-state index contributed by atoms with van der Waals surface area (Å²) in [5.74, 6) is 1.37. The van der Waals surface area contributed by atoms with Gasteiger partial charge in [0.15, 0.2) is 0 Å². The van der Waals surface area contributed by atoms with Gasteiger partial charge in [-0.3, -0.25) is 4.79 Å². The minimum Gasteiger partial charge on any atom is -0.494 e. The summed E-state index contributed by atoms with van der Waals surface area (Å²) in [7, 11) is 0. The Morgan fingerprint density at radius 3 is 2.70 bits per heavy atom. The molecule has 140 valence electrons. The fourth-order valence-electron chi connectivity index (χ4n) is 2.85. The van der Waals surface area contributed by atoms with Crippen LogP contribution in [0.15, 0.2) is 58.2 Å². The van der Waals surface area contributed by atoms with Crippen LogP contribution in [0, 0.1) is 13.8 Å². The number of hydrazone groups is 1. The first-order chi connectivity index (χ1) is 13.1. The summed E-state index contributed by atoms with van der Waals surface area (Å²) >= 11 is 0. The number of furan rings is 1. The van der Waals surface area contributed by atoms with Gasteiger partial charge in [0.25, 0.3) is 5.91 Å². The van der Waals surface area contributed by atoms with E-state index >= 15 is 0 Å². The molecule has 0 radical (unpaired) electrons.